The maximum atomic E-state index is 9.53. The number of nitrogens with two attached hydrogens (primary N) is 1. The fourth-order valence-corrected chi connectivity index (χ4v) is 2.21. The van der Waals surface area contributed by atoms with Gasteiger partial charge in [-0.2, -0.15) is 0 Å². The van der Waals surface area contributed by atoms with Crippen molar-refractivity contribution in [3.63, 3.8) is 0 Å². The molecule has 1 aliphatic carbocycles. The second-order valence-electron chi connectivity index (χ2n) is 4.29. The third-order valence-corrected chi connectivity index (χ3v) is 3.35. The van der Waals surface area contributed by atoms with Crippen LogP contribution in [0.25, 0.3) is 0 Å². The Kier molecular flexibility index (Phi) is 2.89. The molecule has 2 nitrogen and oxygen atoms in total. The van der Waals surface area contributed by atoms with Gasteiger partial charge in [0.1, 0.15) is 0 Å². The minimum atomic E-state index is -0.179. The number of aliphatic hydroxyl groups excluding tert-OH is 1. The van der Waals surface area contributed by atoms with Crippen molar-refractivity contribution in [3.8, 4) is 0 Å². The molecule has 0 bridgehead atoms. The third kappa shape index (κ3) is 1.83. The van der Waals surface area contributed by atoms with Gasteiger partial charge in [-0.1, -0.05) is 42.5 Å². The van der Waals surface area contributed by atoms with Crippen LogP contribution in [0, 0.1) is 5.41 Å². The van der Waals surface area contributed by atoms with Crippen LogP contribution in [0.5, 0.6) is 0 Å². The summed E-state index contributed by atoms with van der Waals surface area (Å²) in [7, 11) is 0. The Morgan fingerprint density at radius 2 is 1.80 bits per heavy atom. The van der Waals surface area contributed by atoms with Crippen LogP contribution in [0.3, 0.4) is 0 Å². The molecule has 0 fully saturated rings. The molecule has 3 N–H and O–H groups in total. The first kappa shape index (κ1) is 10.4. The van der Waals surface area contributed by atoms with Crippen LogP contribution in [-0.4, -0.2) is 11.7 Å². The Morgan fingerprint density at radius 1 is 1.20 bits per heavy atom. The highest BCUT2D eigenvalue weighted by atomic mass is 16.3. The average Bonchev–Trinajstić information content (AvgIpc) is 2.79. The maximum Gasteiger partial charge on any atom is 0.0511 e. The van der Waals surface area contributed by atoms with Gasteiger partial charge in [0.25, 0.3) is 0 Å². The SMILES string of the molecule is NC(c1ccccc1)C1(CO)CC=CC1. The van der Waals surface area contributed by atoms with Crippen molar-refractivity contribution in [1.29, 1.82) is 0 Å². The standard InChI is InChI=1S/C13H17NO/c14-12(11-6-2-1-3-7-11)13(10-15)8-4-5-9-13/h1-7,12,15H,8-10,14H2. The molecule has 1 aromatic carbocycles. The van der Waals surface area contributed by atoms with Gasteiger partial charge in [0.2, 0.25) is 0 Å². The molecule has 0 aromatic heterocycles. The highest BCUT2D eigenvalue weighted by Gasteiger charge is 2.37. The van der Waals surface area contributed by atoms with Crippen LogP contribution < -0.4 is 5.73 Å². The van der Waals surface area contributed by atoms with Gasteiger partial charge in [-0.3, -0.25) is 0 Å². The zero-order valence-corrected chi connectivity index (χ0v) is 8.76. The number of rotatable bonds is 3. The third-order valence-electron chi connectivity index (χ3n) is 3.35. The molecule has 80 valence electrons. The van der Waals surface area contributed by atoms with Crippen molar-refractivity contribution < 1.29 is 5.11 Å². The van der Waals surface area contributed by atoms with Crippen molar-refractivity contribution in [2.24, 2.45) is 11.1 Å². The number of hydrogen-bond donors (Lipinski definition) is 2. The predicted octanol–water partition coefficient (Wildman–Crippen LogP) is 2.02. The zero-order chi connectivity index (χ0) is 10.7. The highest BCUT2D eigenvalue weighted by molar-refractivity contribution is 5.23. The molecule has 0 radical (unpaired) electrons. The lowest BCUT2D eigenvalue weighted by Crippen LogP contribution is -2.35. The summed E-state index contributed by atoms with van der Waals surface area (Å²) in [5, 5.41) is 9.53. The fraction of sp³-hybridized carbons (Fsp3) is 0.385. The molecule has 0 aliphatic heterocycles. The molecule has 1 atom stereocenters. The predicted molar refractivity (Wildman–Crippen MR) is 61.3 cm³/mol. The second-order valence-corrected chi connectivity index (χ2v) is 4.29. The summed E-state index contributed by atoms with van der Waals surface area (Å²) < 4.78 is 0. The van der Waals surface area contributed by atoms with Gasteiger partial charge in [-0.25, -0.2) is 0 Å². The molecule has 0 saturated heterocycles. The molecule has 0 spiro atoms. The van der Waals surface area contributed by atoms with Crippen LogP contribution in [0.1, 0.15) is 24.4 Å². The van der Waals surface area contributed by atoms with E-state index in [2.05, 4.69) is 12.2 Å². The normalized spacial score (nSPS) is 20.4. The van der Waals surface area contributed by atoms with Crippen LogP contribution in [0.2, 0.25) is 0 Å². The van der Waals surface area contributed by atoms with E-state index in [9.17, 15) is 5.11 Å². The van der Waals surface area contributed by atoms with Crippen molar-refractivity contribution >= 4 is 0 Å². The molecule has 15 heavy (non-hydrogen) atoms. The molecule has 2 heteroatoms. The molecule has 1 aromatic rings. The van der Waals surface area contributed by atoms with Gasteiger partial charge in [0.15, 0.2) is 0 Å². The van der Waals surface area contributed by atoms with Gasteiger partial charge < -0.3 is 10.8 Å². The Bertz CT molecular complexity index is 337. The van der Waals surface area contributed by atoms with E-state index in [0.29, 0.717) is 0 Å². The Hall–Kier alpha value is -1.12. The topological polar surface area (TPSA) is 46.2 Å². The van der Waals surface area contributed by atoms with Crippen molar-refractivity contribution in [3.05, 3.63) is 48.0 Å². The van der Waals surface area contributed by atoms with E-state index < -0.39 is 0 Å². The van der Waals surface area contributed by atoms with E-state index in [4.69, 9.17) is 5.73 Å². The van der Waals surface area contributed by atoms with E-state index in [1.165, 1.54) is 0 Å². The first-order valence-electron chi connectivity index (χ1n) is 5.35. The van der Waals surface area contributed by atoms with Crippen molar-refractivity contribution in [2.45, 2.75) is 18.9 Å². The van der Waals surface area contributed by atoms with E-state index in [1.807, 2.05) is 30.3 Å². The lowest BCUT2D eigenvalue weighted by Gasteiger charge is -2.33. The number of benzene rings is 1. The van der Waals surface area contributed by atoms with E-state index in [-0.39, 0.29) is 18.1 Å². The Labute approximate surface area is 90.4 Å². The van der Waals surface area contributed by atoms with Crippen molar-refractivity contribution in [2.75, 3.05) is 6.61 Å². The summed E-state index contributed by atoms with van der Waals surface area (Å²) in [5.41, 5.74) is 7.17. The number of hydrogen-bond acceptors (Lipinski definition) is 2. The monoisotopic (exact) mass is 203 g/mol. The van der Waals surface area contributed by atoms with Crippen LogP contribution >= 0.6 is 0 Å². The van der Waals surface area contributed by atoms with Crippen LogP contribution in [0.15, 0.2) is 42.5 Å². The lowest BCUT2D eigenvalue weighted by molar-refractivity contribution is 0.108. The summed E-state index contributed by atoms with van der Waals surface area (Å²) in [5.74, 6) is 0. The maximum absolute atomic E-state index is 9.53. The van der Waals surface area contributed by atoms with Gasteiger partial charge in [0.05, 0.1) is 6.61 Å². The fourth-order valence-electron chi connectivity index (χ4n) is 2.21. The summed E-state index contributed by atoms with van der Waals surface area (Å²) in [6.07, 6.45) is 5.97. The first-order chi connectivity index (χ1) is 7.28. The van der Waals surface area contributed by atoms with Crippen LogP contribution in [-0.2, 0) is 0 Å². The zero-order valence-electron chi connectivity index (χ0n) is 8.76. The van der Waals surface area contributed by atoms with Gasteiger partial charge >= 0.3 is 0 Å². The molecule has 1 unspecified atom stereocenters. The lowest BCUT2D eigenvalue weighted by atomic mass is 9.76. The number of aliphatic hydroxyl groups is 1. The minimum absolute atomic E-state index is 0.0845. The largest absolute Gasteiger partial charge is 0.396 e. The first-order valence-corrected chi connectivity index (χ1v) is 5.35. The van der Waals surface area contributed by atoms with Crippen LogP contribution in [0.4, 0.5) is 0 Å². The molecule has 2 rings (SSSR count). The Morgan fingerprint density at radius 3 is 2.33 bits per heavy atom. The molecular weight excluding hydrogens is 186 g/mol. The van der Waals surface area contributed by atoms with E-state index in [0.717, 1.165) is 18.4 Å². The quantitative estimate of drug-likeness (QED) is 0.738. The molecule has 0 amide bonds. The Balaban J connectivity index is 2.23. The van der Waals surface area contributed by atoms with Gasteiger partial charge in [0, 0.05) is 11.5 Å². The van der Waals surface area contributed by atoms with Gasteiger partial charge in [-0.15, -0.1) is 0 Å². The summed E-state index contributed by atoms with van der Waals surface area (Å²) >= 11 is 0. The summed E-state index contributed by atoms with van der Waals surface area (Å²) in [6.45, 7) is 0.149. The molecule has 0 heterocycles. The highest BCUT2D eigenvalue weighted by Crippen LogP contribution is 2.42. The average molecular weight is 203 g/mol. The van der Waals surface area contributed by atoms with Gasteiger partial charge in [-0.05, 0) is 18.4 Å². The smallest absolute Gasteiger partial charge is 0.0511 e. The summed E-state index contributed by atoms with van der Waals surface area (Å²) in [4.78, 5) is 0. The minimum Gasteiger partial charge on any atom is -0.396 e. The number of allylic oxidation sites excluding steroid dienone is 2. The molecule has 0 saturated carbocycles. The second kappa shape index (κ2) is 4.17. The van der Waals surface area contributed by atoms with E-state index >= 15 is 0 Å². The van der Waals surface area contributed by atoms with E-state index in [1.54, 1.807) is 0 Å². The summed E-state index contributed by atoms with van der Waals surface area (Å²) in [6, 6.07) is 9.93. The molecular formula is C13H17NO. The van der Waals surface area contributed by atoms with Crippen molar-refractivity contribution in [1.82, 2.24) is 0 Å². The molecule has 1 aliphatic rings.